The molecule has 0 atom stereocenters. The van der Waals surface area contributed by atoms with E-state index in [2.05, 4.69) is 32.7 Å². The molecule has 0 aliphatic carbocycles. The molecule has 0 unspecified atom stereocenters. The quantitative estimate of drug-likeness (QED) is 0.604. The third kappa shape index (κ3) is 1.95. The molecule has 19 heavy (non-hydrogen) atoms. The largest absolute Gasteiger partial charge is 0.356 e. The molecule has 0 bridgehead atoms. The molecule has 0 radical (unpaired) electrons. The van der Waals surface area contributed by atoms with Crippen molar-refractivity contribution in [2.24, 2.45) is 0 Å². The van der Waals surface area contributed by atoms with Crippen LogP contribution in [0.2, 0.25) is 5.02 Å². The minimum absolute atomic E-state index is 0.279. The summed E-state index contributed by atoms with van der Waals surface area (Å²) in [6.07, 6.45) is 1.61. The van der Waals surface area contributed by atoms with Gasteiger partial charge in [-0.1, -0.05) is 23.7 Å². The molecule has 0 saturated heterocycles. The highest BCUT2D eigenvalue weighted by atomic mass is 127. The summed E-state index contributed by atoms with van der Waals surface area (Å²) in [4.78, 5) is 16.9. The van der Waals surface area contributed by atoms with Crippen molar-refractivity contribution < 1.29 is 0 Å². The Morgan fingerprint density at radius 1 is 1.32 bits per heavy atom. The number of fused-ring (bicyclic) bond motifs is 1. The summed E-state index contributed by atoms with van der Waals surface area (Å²) in [7, 11) is 0. The number of halogens is 2. The maximum atomic E-state index is 12.5. The lowest BCUT2D eigenvalue weighted by atomic mass is 10.3. The number of hydrogen-bond donors (Lipinski definition) is 0. The highest BCUT2D eigenvalue weighted by Crippen LogP contribution is 2.19. The third-order valence-electron chi connectivity index (χ3n) is 2.76. The Morgan fingerprint density at radius 2 is 2.05 bits per heavy atom. The van der Waals surface area contributed by atoms with Gasteiger partial charge in [-0.25, -0.2) is 14.3 Å². The molecule has 3 aromatic rings. The smallest absolute Gasteiger partial charge is 0.247 e. The molecule has 0 aliphatic heterocycles. The van der Waals surface area contributed by atoms with Gasteiger partial charge in [-0.05, 0) is 41.6 Å². The average Bonchev–Trinajstić information content (AvgIpc) is 2.74. The molecule has 0 aliphatic rings. The second kappa shape index (κ2) is 4.61. The van der Waals surface area contributed by atoms with Crippen molar-refractivity contribution in [1.82, 2.24) is 19.2 Å². The summed E-state index contributed by atoms with van der Waals surface area (Å²) >= 11 is 8.24. The van der Waals surface area contributed by atoms with Crippen LogP contribution in [0.5, 0.6) is 0 Å². The number of benzene rings is 1. The Bertz CT molecular complexity index is 839. The van der Waals surface area contributed by atoms with E-state index in [0.717, 1.165) is 3.57 Å². The predicted octanol–water partition coefficient (Wildman–Crippen LogP) is 2.45. The van der Waals surface area contributed by atoms with E-state index in [-0.39, 0.29) is 5.69 Å². The number of aryl methyl sites for hydroxylation is 1. The van der Waals surface area contributed by atoms with Crippen molar-refractivity contribution in [1.29, 1.82) is 0 Å². The van der Waals surface area contributed by atoms with Gasteiger partial charge in [-0.3, -0.25) is 0 Å². The van der Waals surface area contributed by atoms with Gasteiger partial charge >= 0.3 is 5.69 Å². The van der Waals surface area contributed by atoms with Crippen molar-refractivity contribution in [3.63, 3.8) is 0 Å². The van der Waals surface area contributed by atoms with Crippen LogP contribution in [-0.4, -0.2) is 19.2 Å². The van der Waals surface area contributed by atoms with Crippen LogP contribution >= 0.6 is 34.2 Å². The number of rotatable bonds is 1. The molecule has 0 saturated carbocycles. The number of para-hydroxylation sites is 1. The molecule has 2 aromatic heterocycles. The Labute approximate surface area is 127 Å². The van der Waals surface area contributed by atoms with Crippen LogP contribution in [-0.2, 0) is 0 Å². The van der Waals surface area contributed by atoms with Crippen LogP contribution < -0.4 is 5.69 Å². The van der Waals surface area contributed by atoms with Crippen LogP contribution in [0, 0.1) is 10.5 Å². The molecular weight excluding hydrogens is 379 g/mol. The first-order valence-corrected chi connectivity index (χ1v) is 6.93. The maximum absolute atomic E-state index is 12.5. The Kier molecular flexibility index (Phi) is 3.06. The molecule has 0 fully saturated rings. The fraction of sp³-hybridized carbons (Fsp3) is 0.0833. The van der Waals surface area contributed by atoms with Gasteiger partial charge in [-0.2, -0.15) is 9.61 Å². The topological polar surface area (TPSA) is 52.2 Å². The van der Waals surface area contributed by atoms with E-state index in [9.17, 15) is 4.79 Å². The van der Waals surface area contributed by atoms with E-state index in [1.165, 1.54) is 9.08 Å². The van der Waals surface area contributed by atoms with Crippen molar-refractivity contribution in [2.75, 3.05) is 0 Å². The molecule has 1 aromatic carbocycles. The van der Waals surface area contributed by atoms with Crippen molar-refractivity contribution in [3.8, 4) is 5.69 Å². The van der Waals surface area contributed by atoms with Gasteiger partial charge in [0.1, 0.15) is 5.82 Å². The van der Waals surface area contributed by atoms with E-state index in [1.54, 1.807) is 25.3 Å². The summed E-state index contributed by atoms with van der Waals surface area (Å²) in [6.45, 7) is 1.77. The first-order valence-electron chi connectivity index (χ1n) is 5.47. The van der Waals surface area contributed by atoms with Crippen molar-refractivity contribution >= 4 is 39.8 Å². The molecule has 7 heteroatoms. The second-order valence-corrected chi connectivity index (χ2v) is 5.53. The lowest BCUT2D eigenvalue weighted by Gasteiger charge is -2.10. The number of hydrogen-bond acceptors (Lipinski definition) is 3. The third-order valence-corrected chi connectivity index (χ3v) is 3.84. The molecule has 0 N–H and O–H groups in total. The van der Waals surface area contributed by atoms with E-state index in [0.29, 0.717) is 22.2 Å². The average molecular weight is 387 g/mol. The normalized spacial score (nSPS) is 11.1. The van der Waals surface area contributed by atoms with Gasteiger partial charge in [0.05, 0.1) is 20.5 Å². The van der Waals surface area contributed by atoms with Crippen LogP contribution in [0.15, 0.2) is 35.3 Å². The predicted molar refractivity (Wildman–Crippen MR) is 81.0 cm³/mol. The first-order chi connectivity index (χ1) is 9.09. The highest BCUT2D eigenvalue weighted by molar-refractivity contribution is 14.1. The number of nitrogens with zero attached hydrogens (tertiary/aromatic N) is 4. The fourth-order valence-corrected chi connectivity index (χ4v) is 2.60. The molecule has 3 rings (SSSR count). The SMILES string of the molecule is Cc1nc2c(I)cnn2c(=O)n1-c1ccccc1Cl. The lowest BCUT2D eigenvalue weighted by Crippen LogP contribution is -2.29. The zero-order valence-corrected chi connectivity index (χ0v) is 12.8. The maximum Gasteiger partial charge on any atom is 0.356 e. The van der Waals surface area contributed by atoms with Gasteiger partial charge < -0.3 is 0 Å². The summed E-state index contributed by atoms with van der Waals surface area (Å²) in [6, 6.07) is 7.15. The van der Waals surface area contributed by atoms with E-state index in [4.69, 9.17) is 11.6 Å². The zero-order valence-electron chi connectivity index (χ0n) is 9.84. The molecule has 2 heterocycles. The van der Waals surface area contributed by atoms with E-state index < -0.39 is 0 Å². The summed E-state index contributed by atoms with van der Waals surface area (Å²) < 4.78 is 3.57. The van der Waals surface area contributed by atoms with Gasteiger partial charge in [0.15, 0.2) is 5.65 Å². The monoisotopic (exact) mass is 386 g/mol. The van der Waals surface area contributed by atoms with Crippen LogP contribution in [0.4, 0.5) is 0 Å². The Hall–Kier alpha value is -1.41. The summed E-state index contributed by atoms with van der Waals surface area (Å²) in [5.74, 6) is 0.573. The van der Waals surface area contributed by atoms with E-state index >= 15 is 0 Å². The molecule has 5 nitrogen and oxygen atoms in total. The molecule has 0 amide bonds. The Morgan fingerprint density at radius 3 is 2.79 bits per heavy atom. The minimum Gasteiger partial charge on any atom is -0.247 e. The summed E-state index contributed by atoms with van der Waals surface area (Å²) in [5, 5.41) is 4.54. The molecule has 96 valence electrons. The standard InChI is InChI=1S/C12H8ClIN4O/c1-7-16-11-9(14)6-15-18(11)12(19)17(7)10-5-3-2-4-8(10)13/h2-6H,1H3. The molecule has 0 spiro atoms. The van der Waals surface area contributed by atoms with Crippen molar-refractivity contribution in [3.05, 3.63) is 55.4 Å². The Balaban J connectivity index is 2.43. The van der Waals surface area contributed by atoms with Gasteiger partial charge in [0, 0.05) is 0 Å². The lowest BCUT2D eigenvalue weighted by molar-refractivity contribution is 0.747. The van der Waals surface area contributed by atoms with Crippen LogP contribution in [0.3, 0.4) is 0 Å². The van der Waals surface area contributed by atoms with Crippen molar-refractivity contribution in [2.45, 2.75) is 6.92 Å². The minimum atomic E-state index is -0.279. The van der Waals surface area contributed by atoms with Crippen LogP contribution in [0.25, 0.3) is 11.3 Å². The fourth-order valence-electron chi connectivity index (χ4n) is 1.91. The second-order valence-electron chi connectivity index (χ2n) is 3.96. The molecular formula is C12H8ClIN4O. The van der Waals surface area contributed by atoms with Gasteiger partial charge in [0.25, 0.3) is 0 Å². The number of aromatic nitrogens is 4. The highest BCUT2D eigenvalue weighted by Gasteiger charge is 2.14. The summed E-state index contributed by atoms with van der Waals surface area (Å²) in [5.41, 5.74) is 0.886. The van der Waals surface area contributed by atoms with Crippen LogP contribution in [0.1, 0.15) is 5.82 Å². The van der Waals surface area contributed by atoms with Gasteiger partial charge in [0.2, 0.25) is 0 Å². The van der Waals surface area contributed by atoms with Gasteiger partial charge in [-0.15, -0.1) is 0 Å². The van der Waals surface area contributed by atoms with E-state index in [1.807, 2.05) is 12.1 Å². The zero-order chi connectivity index (χ0) is 13.6. The first kappa shape index (κ1) is 12.6.